The number of fused-ring (bicyclic) bond motifs is 9. The molecule has 0 aliphatic rings. The lowest BCUT2D eigenvalue weighted by molar-refractivity contribution is 0.669. The summed E-state index contributed by atoms with van der Waals surface area (Å²) in [5.74, 6) is 0. The summed E-state index contributed by atoms with van der Waals surface area (Å²) in [4.78, 5) is 4.73. The normalized spacial score (nSPS) is 11.6. The van der Waals surface area contributed by atoms with Crippen molar-refractivity contribution in [3.8, 4) is 0 Å². The number of rotatable bonds is 6. The average Bonchev–Trinajstić information content (AvgIpc) is 3.61. The molecule has 0 amide bonds. The molecule has 3 heteroatoms. The van der Waals surface area contributed by atoms with Crippen LogP contribution in [0.4, 0.5) is 34.1 Å². The summed E-state index contributed by atoms with van der Waals surface area (Å²) in [6.45, 7) is 0. The molecule has 1 heterocycles. The second-order valence-corrected chi connectivity index (χ2v) is 14.2. The SMILES string of the molecule is c1ccc(N(c2cccc(N(c3ccccc3)c3ccc4ccc5cc6oc7ccccc7c6cc5c4c3)c2)c2ccc3ccc4ccccc4c3c2)cc1. The zero-order valence-electron chi connectivity index (χ0n) is 29.9. The van der Waals surface area contributed by atoms with E-state index in [4.69, 9.17) is 4.42 Å². The van der Waals surface area contributed by atoms with Crippen LogP contribution in [0, 0.1) is 0 Å². The minimum Gasteiger partial charge on any atom is -0.456 e. The molecule has 0 saturated heterocycles. The predicted molar refractivity (Wildman–Crippen MR) is 233 cm³/mol. The largest absolute Gasteiger partial charge is 0.456 e. The summed E-state index contributed by atoms with van der Waals surface area (Å²) in [5, 5.41) is 12.0. The molecule has 1 aromatic heterocycles. The Morgan fingerprint density at radius 2 is 0.691 bits per heavy atom. The van der Waals surface area contributed by atoms with Crippen LogP contribution in [0.1, 0.15) is 0 Å². The van der Waals surface area contributed by atoms with E-state index in [0.29, 0.717) is 0 Å². The van der Waals surface area contributed by atoms with Crippen LogP contribution in [0.3, 0.4) is 0 Å². The first-order valence-corrected chi connectivity index (χ1v) is 18.7. The van der Waals surface area contributed by atoms with Crippen molar-refractivity contribution in [3.05, 3.63) is 206 Å². The molecule has 11 aromatic rings. The number of anilines is 6. The molecular weight excluding hydrogens is 669 g/mol. The van der Waals surface area contributed by atoms with Crippen molar-refractivity contribution >= 4 is 99.2 Å². The van der Waals surface area contributed by atoms with Gasteiger partial charge in [-0.1, -0.05) is 121 Å². The molecule has 0 N–H and O–H groups in total. The van der Waals surface area contributed by atoms with Crippen molar-refractivity contribution in [3.63, 3.8) is 0 Å². The van der Waals surface area contributed by atoms with Gasteiger partial charge in [0.05, 0.1) is 0 Å². The highest BCUT2D eigenvalue weighted by molar-refractivity contribution is 6.17. The van der Waals surface area contributed by atoms with Crippen LogP contribution < -0.4 is 9.80 Å². The molecule has 0 atom stereocenters. The van der Waals surface area contributed by atoms with Crippen molar-refractivity contribution in [1.29, 1.82) is 0 Å². The molecule has 3 nitrogen and oxygen atoms in total. The van der Waals surface area contributed by atoms with Crippen LogP contribution >= 0.6 is 0 Å². The smallest absolute Gasteiger partial charge is 0.136 e. The molecule has 258 valence electrons. The lowest BCUT2D eigenvalue weighted by atomic mass is 9.99. The quantitative estimate of drug-likeness (QED) is 0.161. The van der Waals surface area contributed by atoms with Gasteiger partial charge in [-0.25, -0.2) is 0 Å². The lowest BCUT2D eigenvalue weighted by Gasteiger charge is -2.29. The van der Waals surface area contributed by atoms with E-state index in [1.807, 2.05) is 12.1 Å². The molecular formula is C52H34N2O. The van der Waals surface area contributed by atoms with E-state index in [2.05, 4.69) is 204 Å². The van der Waals surface area contributed by atoms with E-state index in [1.165, 1.54) is 37.7 Å². The van der Waals surface area contributed by atoms with Gasteiger partial charge in [-0.15, -0.1) is 0 Å². The maximum absolute atomic E-state index is 6.27. The third kappa shape index (κ3) is 5.28. The Morgan fingerprint density at radius 1 is 0.236 bits per heavy atom. The number of furan rings is 1. The van der Waals surface area contributed by atoms with Crippen molar-refractivity contribution in [1.82, 2.24) is 0 Å². The van der Waals surface area contributed by atoms with Gasteiger partial charge in [0.15, 0.2) is 0 Å². The Hall–Kier alpha value is -7.36. The molecule has 0 radical (unpaired) electrons. The highest BCUT2D eigenvalue weighted by Gasteiger charge is 2.19. The van der Waals surface area contributed by atoms with Gasteiger partial charge in [-0.05, 0) is 128 Å². The fourth-order valence-corrected chi connectivity index (χ4v) is 8.35. The summed E-state index contributed by atoms with van der Waals surface area (Å²) in [7, 11) is 0. The topological polar surface area (TPSA) is 19.6 Å². The first kappa shape index (κ1) is 31.2. The fraction of sp³-hybridized carbons (Fsp3) is 0. The molecule has 0 unspecified atom stereocenters. The van der Waals surface area contributed by atoms with Crippen molar-refractivity contribution in [2.24, 2.45) is 0 Å². The van der Waals surface area contributed by atoms with E-state index in [1.54, 1.807) is 0 Å². The lowest BCUT2D eigenvalue weighted by Crippen LogP contribution is -2.13. The van der Waals surface area contributed by atoms with Gasteiger partial charge in [-0.2, -0.15) is 0 Å². The van der Waals surface area contributed by atoms with Crippen LogP contribution in [0.25, 0.3) is 65.0 Å². The maximum atomic E-state index is 6.27. The number of nitrogens with zero attached hydrogens (tertiary/aromatic N) is 2. The molecule has 0 bridgehead atoms. The molecule has 55 heavy (non-hydrogen) atoms. The van der Waals surface area contributed by atoms with Crippen LogP contribution in [-0.2, 0) is 0 Å². The minimum atomic E-state index is 0.912. The number of hydrogen-bond acceptors (Lipinski definition) is 3. The van der Waals surface area contributed by atoms with E-state index in [0.717, 1.165) is 61.4 Å². The third-order valence-corrected chi connectivity index (χ3v) is 10.9. The van der Waals surface area contributed by atoms with Gasteiger partial charge in [0, 0.05) is 44.9 Å². The van der Waals surface area contributed by atoms with Gasteiger partial charge < -0.3 is 14.2 Å². The third-order valence-electron chi connectivity index (χ3n) is 10.9. The zero-order valence-corrected chi connectivity index (χ0v) is 29.9. The van der Waals surface area contributed by atoms with Gasteiger partial charge in [0.1, 0.15) is 11.2 Å². The standard InChI is InChI=1S/C52H34N2O/c1-3-13-39(14-4-1)53(43-28-26-36-23-22-35-12-7-8-19-45(35)47(36)32-43)41-17-11-18-42(31-41)54(40-15-5-2-6-16-40)44-29-27-37-24-25-38-30-52-50(34-49(38)48(37)33-44)46-20-9-10-21-51(46)55-52/h1-34H. The summed E-state index contributed by atoms with van der Waals surface area (Å²) < 4.78 is 6.27. The highest BCUT2D eigenvalue weighted by Crippen LogP contribution is 2.43. The van der Waals surface area contributed by atoms with Crippen LogP contribution in [-0.4, -0.2) is 0 Å². The minimum absolute atomic E-state index is 0.912. The molecule has 10 aromatic carbocycles. The Kier molecular flexibility index (Phi) is 7.17. The Morgan fingerprint density at radius 3 is 1.35 bits per heavy atom. The molecule has 0 saturated carbocycles. The van der Waals surface area contributed by atoms with E-state index >= 15 is 0 Å². The Labute approximate surface area is 318 Å². The predicted octanol–water partition coefficient (Wildman–Crippen LogP) is 15.1. The van der Waals surface area contributed by atoms with Gasteiger partial charge >= 0.3 is 0 Å². The van der Waals surface area contributed by atoms with Gasteiger partial charge in [0.25, 0.3) is 0 Å². The van der Waals surface area contributed by atoms with Gasteiger partial charge in [0.2, 0.25) is 0 Å². The van der Waals surface area contributed by atoms with Crippen LogP contribution in [0.15, 0.2) is 211 Å². The van der Waals surface area contributed by atoms with Crippen LogP contribution in [0.5, 0.6) is 0 Å². The molecule has 0 spiro atoms. The van der Waals surface area contributed by atoms with Gasteiger partial charge in [-0.3, -0.25) is 0 Å². The maximum Gasteiger partial charge on any atom is 0.136 e. The molecule has 11 rings (SSSR count). The summed E-state index contributed by atoms with van der Waals surface area (Å²) in [6.07, 6.45) is 0. The monoisotopic (exact) mass is 702 g/mol. The first-order valence-electron chi connectivity index (χ1n) is 18.7. The number of benzene rings is 10. The fourth-order valence-electron chi connectivity index (χ4n) is 8.35. The number of hydrogen-bond donors (Lipinski definition) is 0. The second-order valence-electron chi connectivity index (χ2n) is 14.2. The molecule has 0 aliphatic carbocycles. The first-order chi connectivity index (χ1) is 27.2. The Balaban J connectivity index is 1.09. The van der Waals surface area contributed by atoms with Crippen molar-refractivity contribution < 1.29 is 4.42 Å². The Bertz CT molecular complexity index is 3220. The highest BCUT2D eigenvalue weighted by atomic mass is 16.3. The van der Waals surface area contributed by atoms with Crippen LogP contribution in [0.2, 0.25) is 0 Å². The average molecular weight is 703 g/mol. The van der Waals surface area contributed by atoms with Crippen molar-refractivity contribution in [2.75, 3.05) is 9.80 Å². The summed E-state index contributed by atoms with van der Waals surface area (Å²) in [5.41, 5.74) is 8.34. The summed E-state index contributed by atoms with van der Waals surface area (Å²) in [6, 6.07) is 74.2. The van der Waals surface area contributed by atoms with E-state index in [-0.39, 0.29) is 0 Å². The summed E-state index contributed by atoms with van der Waals surface area (Å²) >= 11 is 0. The molecule has 0 aliphatic heterocycles. The van der Waals surface area contributed by atoms with E-state index in [9.17, 15) is 0 Å². The second kappa shape index (κ2) is 12.6. The van der Waals surface area contributed by atoms with Crippen molar-refractivity contribution in [2.45, 2.75) is 0 Å². The zero-order chi connectivity index (χ0) is 36.3. The van der Waals surface area contributed by atoms with E-state index < -0.39 is 0 Å². The molecule has 0 fully saturated rings. The number of para-hydroxylation sites is 3.